The molecule has 1 aliphatic heterocycles. The van der Waals surface area contributed by atoms with E-state index in [1.807, 2.05) is 29.2 Å². The topological polar surface area (TPSA) is 85.2 Å². The largest absolute Gasteiger partial charge is 0.378 e. The van der Waals surface area contributed by atoms with Crippen molar-refractivity contribution >= 4 is 62.1 Å². The molecule has 0 bridgehead atoms. The van der Waals surface area contributed by atoms with Gasteiger partial charge in [-0.05, 0) is 31.1 Å². The predicted octanol–water partition coefficient (Wildman–Crippen LogP) is 2.63. The summed E-state index contributed by atoms with van der Waals surface area (Å²) in [6.45, 7) is 2.32. The fourth-order valence-corrected chi connectivity index (χ4v) is 5.17. The van der Waals surface area contributed by atoms with Crippen LogP contribution >= 0.6 is 24.2 Å². The SMILES string of the molecule is O=C(NCCOS)c1c(=O)c2cc(F)c(N3CCOCC3)nc2n2c1sc1ccccc12. The number of halogens is 1. The number of benzene rings is 1. The molecule has 166 valence electrons. The lowest BCUT2D eigenvalue weighted by Gasteiger charge is -2.28. The van der Waals surface area contributed by atoms with Crippen molar-refractivity contribution in [3.05, 3.63) is 51.9 Å². The third-order valence-electron chi connectivity index (χ3n) is 5.37. The minimum atomic E-state index is -0.606. The molecule has 4 aromatic rings. The number of nitrogens with zero attached hydrogens (tertiary/aromatic N) is 3. The van der Waals surface area contributed by atoms with Crippen molar-refractivity contribution in [1.29, 1.82) is 0 Å². The Kier molecular flexibility index (Phi) is 5.72. The first kappa shape index (κ1) is 21.1. The highest BCUT2D eigenvalue weighted by atomic mass is 32.1. The quantitative estimate of drug-likeness (QED) is 0.263. The number of fused-ring (bicyclic) bond motifs is 5. The summed E-state index contributed by atoms with van der Waals surface area (Å²) in [5.41, 5.74) is 0.506. The van der Waals surface area contributed by atoms with Crippen LogP contribution in [0.4, 0.5) is 10.2 Å². The van der Waals surface area contributed by atoms with E-state index in [1.54, 1.807) is 4.40 Å². The molecule has 1 saturated heterocycles. The summed E-state index contributed by atoms with van der Waals surface area (Å²) in [5.74, 6) is -0.984. The number of nitrogens with one attached hydrogen (secondary N) is 1. The van der Waals surface area contributed by atoms with Crippen LogP contribution in [-0.4, -0.2) is 54.7 Å². The van der Waals surface area contributed by atoms with E-state index < -0.39 is 17.2 Å². The van der Waals surface area contributed by atoms with Gasteiger partial charge in [-0.15, -0.1) is 11.3 Å². The third kappa shape index (κ3) is 3.51. The number of carbonyl (C=O) groups excluding carboxylic acids is 1. The van der Waals surface area contributed by atoms with E-state index in [-0.39, 0.29) is 29.9 Å². The van der Waals surface area contributed by atoms with Crippen molar-refractivity contribution in [3.63, 3.8) is 0 Å². The van der Waals surface area contributed by atoms with Crippen LogP contribution < -0.4 is 15.6 Å². The van der Waals surface area contributed by atoms with Gasteiger partial charge in [0, 0.05) is 19.6 Å². The number of hydrogen-bond donors (Lipinski definition) is 2. The van der Waals surface area contributed by atoms with Crippen LogP contribution in [-0.2, 0) is 8.92 Å². The molecule has 8 nitrogen and oxygen atoms in total. The normalized spacial score (nSPS) is 14.5. The Hall–Kier alpha value is -2.73. The van der Waals surface area contributed by atoms with E-state index in [0.29, 0.717) is 36.8 Å². The first-order valence-corrected chi connectivity index (χ1v) is 11.2. The van der Waals surface area contributed by atoms with Crippen molar-refractivity contribution in [2.45, 2.75) is 0 Å². The van der Waals surface area contributed by atoms with Crippen molar-refractivity contribution in [2.75, 3.05) is 44.4 Å². The minimum absolute atomic E-state index is 0.0433. The zero-order chi connectivity index (χ0) is 22.2. The highest BCUT2D eigenvalue weighted by molar-refractivity contribution is 7.75. The third-order valence-corrected chi connectivity index (χ3v) is 6.69. The monoisotopic (exact) mass is 474 g/mol. The Bertz CT molecular complexity index is 1400. The van der Waals surface area contributed by atoms with Crippen molar-refractivity contribution in [1.82, 2.24) is 14.7 Å². The van der Waals surface area contributed by atoms with Crippen molar-refractivity contribution in [2.24, 2.45) is 0 Å². The minimum Gasteiger partial charge on any atom is -0.378 e. The summed E-state index contributed by atoms with van der Waals surface area (Å²) in [7, 11) is 0. The molecule has 3 aromatic heterocycles. The fraction of sp³-hybridized carbons (Fsp3) is 0.286. The number of rotatable bonds is 5. The van der Waals surface area contributed by atoms with Crippen LogP contribution in [0.25, 0.3) is 26.1 Å². The van der Waals surface area contributed by atoms with Crippen LogP contribution in [0, 0.1) is 5.82 Å². The predicted molar refractivity (Wildman–Crippen MR) is 125 cm³/mol. The van der Waals surface area contributed by atoms with E-state index in [2.05, 4.69) is 27.4 Å². The van der Waals surface area contributed by atoms with Crippen molar-refractivity contribution < 1.29 is 18.1 Å². The number of anilines is 1. The molecule has 0 atom stereocenters. The molecule has 5 rings (SSSR count). The van der Waals surface area contributed by atoms with E-state index in [1.165, 1.54) is 17.4 Å². The van der Waals surface area contributed by atoms with Gasteiger partial charge >= 0.3 is 0 Å². The summed E-state index contributed by atoms with van der Waals surface area (Å²) >= 11 is 4.98. The highest BCUT2D eigenvalue weighted by Gasteiger charge is 2.25. The van der Waals surface area contributed by atoms with E-state index in [9.17, 15) is 9.59 Å². The van der Waals surface area contributed by atoms with E-state index >= 15 is 4.39 Å². The van der Waals surface area contributed by atoms with Gasteiger partial charge in [0.25, 0.3) is 5.91 Å². The summed E-state index contributed by atoms with van der Waals surface area (Å²) < 4.78 is 27.8. The Morgan fingerprint density at radius 2 is 2.09 bits per heavy atom. The molecule has 0 unspecified atom stereocenters. The molecule has 0 aliphatic carbocycles. The Morgan fingerprint density at radius 1 is 1.31 bits per heavy atom. The number of carbonyl (C=O) groups is 1. The van der Waals surface area contributed by atoms with Gasteiger partial charge in [-0.3, -0.25) is 14.0 Å². The van der Waals surface area contributed by atoms with Crippen LogP contribution in [0.5, 0.6) is 0 Å². The molecule has 0 spiro atoms. The zero-order valence-electron chi connectivity index (χ0n) is 16.8. The van der Waals surface area contributed by atoms with E-state index in [0.717, 1.165) is 10.2 Å². The van der Waals surface area contributed by atoms with Gasteiger partial charge in [-0.2, -0.15) is 0 Å². The molecule has 1 N–H and O–H groups in total. The Balaban J connectivity index is 1.81. The van der Waals surface area contributed by atoms with Gasteiger partial charge in [-0.25, -0.2) is 9.37 Å². The van der Waals surface area contributed by atoms with Gasteiger partial charge in [-0.1, -0.05) is 12.1 Å². The maximum absolute atomic E-state index is 15.1. The highest BCUT2D eigenvalue weighted by Crippen LogP contribution is 2.32. The number of aromatic nitrogens is 2. The number of thiazole rings is 1. The number of amides is 1. The van der Waals surface area contributed by atoms with Gasteiger partial charge in [0.15, 0.2) is 17.3 Å². The first-order chi connectivity index (χ1) is 15.6. The van der Waals surface area contributed by atoms with Gasteiger partial charge in [0.1, 0.15) is 10.4 Å². The number of thiol groups is 1. The van der Waals surface area contributed by atoms with Crippen LogP contribution in [0.15, 0.2) is 35.1 Å². The summed E-state index contributed by atoms with van der Waals surface area (Å²) in [4.78, 5) is 33.2. The molecular formula is C21H19FN4O4S2. The average Bonchev–Trinajstić information content (AvgIpc) is 3.19. The molecule has 1 amide bonds. The Morgan fingerprint density at radius 3 is 2.88 bits per heavy atom. The molecule has 32 heavy (non-hydrogen) atoms. The lowest BCUT2D eigenvalue weighted by atomic mass is 10.1. The van der Waals surface area contributed by atoms with E-state index in [4.69, 9.17) is 4.74 Å². The summed E-state index contributed by atoms with van der Waals surface area (Å²) in [6.07, 6.45) is 0. The summed E-state index contributed by atoms with van der Waals surface area (Å²) in [5, 5.41) is 2.72. The number of morpholine rings is 1. The average molecular weight is 475 g/mol. The molecular weight excluding hydrogens is 455 g/mol. The summed E-state index contributed by atoms with van der Waals surface area (Å²) in [6, 6.07) is 8.73. The second-order valence-corrected chi connectivity index (χ2v) is 8.56. The molecule has 1 aliphatic rings. The molecule has 0 radical (unpaired) electrons. The lowest BCUT2D eigenvalue weighted by Crippen LogP contribution is -2.37. The van der Waals surface area contributed by atoms with Crippen LogP contribution in [0.2, 0.25) is 0 Å². The maximum Gasteiger partial charge on any atom is 0.258 e. The van der Waals surface area contributed by atoms with Crippen molar-refractivity contribution in [3.8, 4) is 0 Å². The van der Waals surface area contributed by atoms with Crippen LogP contribution in [0.3, 0.4) is 0 Å². The van der Waals surface area contributed by atoms with Gasteiger partial charge in [0.2, 0.25) is 5.43 Å². The number of pyridine rings is 2. The smallest absolute Gasteiger partial charge is 0.258 e. The number of ether oxygens (including phenoxy) is 1. The molecule has 11 heteroatoms. The lowest BCUT2D eigenvalue weighted by molar-refractivity contribution is 0.0949. The molecule has 1 fully saturated rings. The first-order valence-electron chi connectivity index (χ1n) is 10.0. The fourth-order valence-electron chi connectivity index (χ4n) is 3.90. The second kappa shape index (κ2) is 8.66. The van der Waals surface area contributed by atoms with Crippen LogP contribution in [0.1, 0.15) is 10.4 Å². The number of para-hydroxylation sites is 1. The zero-order valence-corrected chi connectivity index (χ0v) is 18.5. The standard InChI is InChI=1S/C21H19FN4O4S2/c22-13-11-12-17(27)16(20(28)23-5-8-30-31)21-26(14-3-1-2-4-15(14)32-21)18(12)24-19(13)25-6-9-29-10-7-25/h1-4,11,31H,5-10H2,(H,23,28). The second-order valence-electron chi connectivity index (χ2n) is 7.27. The molecule has 1 aromatic carbocycles. The van der Waals surface area contributed by atoms with Gasteiger partial charge < -0.3 is 19.1 Å². The van der Waals surface area contributed by atoms with Gasteiger partial charge in [0.05, 0.1) is 35.4 Å². The molecule has 4 heterocycles. The maximum atomic E-state index is 15.1. The Labute approximate surface area is 191 Å². The molecule has 0 saturated carbocycles. The number of hydrogen-bond acceptors (Lipinski definition) is 8.